The van der Waals surface area contributed by atoms with E-state index in [1.54, 1.807) is 6.20 Å². The highest BCUT2D eigenvalue weighted by Crippen LogP contribution is 2.26. The lowest BCUT2D eigenvalue weighted by Gasteiger charge is -2.20. The van der Waals surface area contributed by atoms with Gasteiger partial charge in [0.1, 0.15) is 0 Å². The molecule has 2 rings (SSSR count). The van der Waals surface area contributed by atoms with Crippen LogP contribution in [0.5, 0.6) is 0 Å². The van der Waals surface area contributed by atoms with E-state index in [1.165, 1.54) is 0 Å². The summed E-state index contributed by atoms with van der Waals surface area (Å²) in [6.07, 6.45) is 3.65. The minimum atomic E-state index is 0.185. The molecule has 2 nitrogen and oxygen atoms in total. The molecule has 100 valence electrons. The summed E-state index contributed by atoms with van der Waals surface area (Å²) < 4.78 is 0. The van der Waals surface area contributed by atoms with Gasteiger partial charge in [0.25, 0.3) is 0 Å². The summed E-state index contributed by atoms with van der Waals surface area (Å²) in [6, 6.07) is 10.1. The van der Waals surface area contributed by atoms with E-state index < -0.39 is 0 Å². The largest absolute Gasteiger partial charge is 0.304 e. The van der Waals surface area contributed by atoms with Crippen molar-refractivity contribution in [1.29, 1.82) is 0 Å². The van der Waals surface area contributed by atoms with Crippen LogP contribution in [0.15, 0.2) is 42.7 Å². The van der Waals surface area contributed by atoms with E-state index in [1.807, 2.05) is 30.5 Å². The van der Waals surface area contributed by atoms with Crippen molar-refractivity contribution < 1.29 is 0 Å². The summed E-state index contributed by atoms with van der Waals surface area (Å²) in [5.41, 5.74) is 2.28. The maximum absolute atomic E-state index is 6.04. The first kappa shape index (κ1) is 14.3. The summed E-state index contributed by atoms with van der Waals surface area (Å²) in [6.45, 7) is 4.22. The van der Waals surface area contributed by atoms with Gasteiger partial charge in [-0.1, -0.05) is 35.3 Å². The number of hydrogen-bond acceptors (Lipinski definition) is 2. The molecule has 4 heteroatoms. The number of pyridine rings is 1. The van der Waals surface area contributed by atoms with Gasteiger partial charge in [0.15, 0.2) is 0 Å². The molecule has 0 fully saturated rings. The molecule has 0 spiro atoms. The Morgan fingerprint density at radius 3 is 2.37 bits per heavy atom. The van der Waals surface area contributed by atoms with Gasteiger partial charge in [0.2, 0.25) is 0 Å². The SMILES string of the molecule is CC(NC(C)c1ccc(Cl)c(Cl)c1)c1cccnc1. The maximum Gasteiger partial charge on any atom is 0.0595 e. The Bertz CT molecular complexity index is 543. The van der Waals surface area contributed by atoms with Gasteiger partial charge in [0, 0.05) is 24.5 Å². The van der Waals surface area contributed by atoms with Crippen molar-refractivity contribution in [3.63, 3.8) is 0 Å². The van der Waals surface area contributed by atoms with E-state index in [2.05, 4.69) is 30.2 Å². The zero-order chi connectivity index (χ0) is 13.8. The molecule has 0 saturated carbocycles. The van der Waals surface area contributed by atoms with Crippen LogP contribution in [0.2, 0.25) is 10.0 Å². The van der Waals surface area contributed by atoms with Gasteiger partial charge in [-0.15, -0.1) is 0 Å². The molecule has 0 radical (unpaired) electrons. The van der Waals surface area contributed by atoms with Crippen molar-refractivity contribution in [3.05, 3.63) is 63.9 Å². The van der Waals surface area contributed by atoms with Crippen LogP contribution in [0, 0.1) is 0 Å². The Labute approximate surface area is 123 Å². The van der Waals surface area contributed by atoms with Crippen LogP contribution >= 0.6 is 23.2 Å². The average molecular weight is 295 g/mol. The predicted molar refractivity (Wildman–Crippen MR) is 80.7 cm³/mol. The van der Waals surface area contributed by atoms with Gasteiger partial charge in [-0.25, -0.2) is 0 Å². The molecule has 0 aliphatic heterocycles. The molecule has 2 unspecified atom stereocenters. The number of nitrogens with zero attached hydrogens (tertiary/aromatic N) is 1. The highest BCUT2D eigenvalue weighted by Gasteiger charge is 2.12. The first-order chi connectivity index (χ1) is 9.08. The van der Waals surface area contributed by atoms with Crippen molar-refractivity contribution in [1.82, 2.24) is 10.3 Å². The maximum atomic E-state index is 6.04. The third-order valence-electron chi connectivity index (χ3n) is 3.13. The van der Waals surface area contributed by atoms with E-state index >= 15 is 0 Å². The molecule has 0 saturated heterocycles. The third-order valence-corrected chi connectivity index (χ3v) is 3.87. The van der Waals surface area contributed by atoms with Crippen LogP contribution in [-0.2, 0) is 0 Å². The van der Waals surface area contributed by atoms with Crippen molar-refractivity contribution in [3.8, 4) is 0 Å². The lowest BCUT2D eigenvalue weighted by Crippen LogP contribution is -2.22. The van der Waals surface area contributed by atoms with Crippen LogP contribution in [0.4, 0.5) is 0 Å². The Kier molecular flexibility index (Phi) is 4.81. The second kappa shape index (κ2) is 6.38. The zero-order valence-corrected chi connectivity index (χ0v) is 12.4. The van der Waals surface area contributed by atoms with Gasteiger partial charge < -0.3 is 5.32 Å². The summed E-state index contributed by atoms with van der Waals surface area (Å²) in [5.74, 6) is 0. The van der Waals surface area contributed by atoms with Crippen LogP contribution in [-0.4, -0.2) is 4.98 Å². The number of aromatic nitrogens is 1. The number of halogens is 2. The first-order valence-electron chi connectivity index (χ1n) is 6.19. The summed E-state index contributed by atoms with van der Waals surface area (Å²) in [7, 11) is 0. The molecule has 0 bridgehead atoms. The molecule has 2 aromatic rings. The van der Waals surface area contributed by atoms with Crippen LogP contribution in [0.25, 0.3) is 0 Å². The van der Waals surface area contributed by atoms with E-state index in [0.29, 0.717) is 10.0 Å². The topological polar surface area (TPSA) is 24.9 Å². The number of hydrogen-bond donors (Lipinski definition) is 1. The van der Waals surface area contributed by atoms with E-state index in [-0.39, 0.29) is 12.1 Å². The molecule has 0 amide bonds. The standard InChI is InChI=1S/C15H16Cl2N2/c1-10(12-5-6-14(16)15(17)8-12)19-11(2)13-4-3-7-18-9-13/h3-11,19H,1-2H3. The minimum Gasteiger partial charge on any atom is -0.304 e. The van der Waals surface area contributed by atoms with Crippen LogP contribution in [0.3, 0.4) is 0 Å². The number of rotatable bonds is 4. The molecule has 0 aliphatic rings. The van der Waals surface area contributed by atoms with Crippen molar-refractivity contribution >= 4 is 23.2 Å². The highest BCUT2D eigenvalue weighted by molar-refractivity contribution is 6.42. The molecule has 2 atom stereocenters. The van der Waals surface area contributed by atoms with E-state index in [9.17, 15) is 0 Å². The van der Waals surface area contributed by atoms with Crippen LogP contribution in [0.1, 0.15) is 37.1 Å². The molecule has 1 N–H and O–H groups in total. The Morgan fingerprint density at radius 1 is 1.00 bits per heavy atom. The fourth-order valence-electron chi connectivity index (χ4n) is 1.98. The molecule has 1 aromatic heterocycles. The van der Waals surface area contributed by atoms with E-state index in [0.717, 1.165) is 11.1 Å². The molecular weight excluding hydrogens is 279 g/mol. The van der Waals surface area contributed by atoms with Crippen molar-refractivity contribution in [2.45, 2.75) is 25.9 Å². The Morgan fingerprint density at radius 2 is 1.74 bits per heavy atom. The van der Waals surface area contributed by atoms with Gasteiger partial charge in [-0.05, 0) is 43.2 Å². The lowest BCUT2D eigenvalue weighted by molar-refractivity contribution is 0.494. The molecule has 1 aromatic carbocycles. The van der Waals surface area contributed by atoms with Crippen molar-refractivity contribution in [2.24, 2.45) is 0 Å². The van der Waals surface area contributed by atoms with Gasteiger partial charge in [-0.3, -0.25) is 4.98 Å². The second-order valence-corrected chi connectivity index (χ2v) is 5.38. The quantitative estimate of drug-likeness (QED) is 0.876. The minimum absolute atomic E-state index is 0.185. The molecule has 1 heterocycles. The summed E-state index contributed by atoms with van der Waals surface area (Å²) in [4.78, 5) is 4.13. The van der Waals surface area contributed by atoms with Crippen LogP contribution < -0.4 is 5.32 Å². The third kappa shape index (κ3) is 3.69. The molecule has 19 heavy (non-hydrogen) atoms. The Balaban J connectivity index is 2.08. The lowest BCUT2D eigenvalue weighted by atomic mass is 10.1. The monoisotopic (exact) mass is 294 g/mol. The molecule has 0 aliphatic carbocycles. The summed E-state index contributed by atoms with van der Waals surface area (Å²) in [5, 5.41) is 4.68. The van der Waals surface area contributed by atoms with Gasteiger partial charge >= 0.3 is 0 Å². The van der Waals surface area contributed by atoms with Gasteiger partial charge in [0.05, 0.1) is 10.0 Å². The zero-order valence-electron chi connectivity index (χ0n) is 10.9. The Hall–Kier alpha value is -1.09. The average Bonchev–Trinajstić information content (AvgIpc) is 2.42. The highest BCUT2D eigenvalue weighted by atomic mass is 35.5. The van der Waals surface area contributed by atoms with Crippen molar-refractivity contribution in [2.75, 3.05) is 0 Å². The van der Waals surface area contributed by atoms with Gasteiger partial charge in [-0.2, -0.15) is 0 Å². The fourth-order valence-corrected chi connectivity index (χ4v) is 2.29. The van der Waals surface area contributed by atoms with E-state index in [4.69, 9.17) is 23.2 Å². The predicted octanol–water partition coefficient (Wildman–Crippen LogP) is 4.80. The fraction of sp³-hybridized carbons (Fsp3) is 0.267. The normalized spacial score (nSPS) is 14.1. The molecular formula is C15H16Cl2N2. The summed E-state index contributed by atoms with van der Waals surface area (Å²) >= 11 is 12.0. The first-order valence-corrected chi connectivity index (χ1v) is 6.94. The second-order valence-electron chi connectivity index (χ2n) is 4.57. The number of nitrogens with one attached hydrogen (secondary N) is 1. The number of benzene rings is 1. The smallest absolute Gasteiger partial charge is 0.0595 e.